The number of sulfonamides is 1. The molecule has 1 aliphatic heterocycles. The van der Waals surface area contributed by atoms with E-state index in [9.17, 15) is 13.2 Å². The van der Waals surface area contributed by atoms with Crippen molar-refractivity contribution in [3.05, 3.63) is 0 Å². The lowest BCUT2D eigenvalue weighted by Gasteiger charge is -2.22. The first-order valence-corrected chi connectivity index (χ1v) is 7.75. The van der Waals surface area contributed by atoms with Crippen LogP contribution in [0.2, 0.25) is 0 Å². The predicted octanol–water partition coefficient (Wildman–Crippen LogP) is -0.609. The van der Waals surface area contributed by atoms with Crippen LogP contribution in [0.5, 0.6) is 0 Å². The number of hydrogen-bond donors (Lipinski definition) is 3. The third kappa shape index (κ3) is 6.77. The van der Waals surface area contributed by atoms with Crippen molar-refractivity contribution in [2.24, 2.45) is 11.7 Å². The summed E-state index contributed by atoms with van der Waals surface area (Å²) in [6, 6.07) is 0. The van der Waals surface area contributed by atoms with E-state index in [-0.39, 0.29) is 18.9 Å². The first kappa shape index (κ1) is 15.2. The zero-order chi connectivity index (χ0) is 13.4. The highest BCUT2D eigenvalue weighted by Gasteiger charge is 2.17. The van der Waals surface area contributed by atoms with Crippen molar-refractivity contribution in [3.8, 4) is 0 Å². The molecule has 7 nitrogen and oxygen atoms in total. The van der Waals surface area contributed by atoms with Crippen molar-refractivity contribution >= 4 is 16.1 Å². The van der Waals surface area contributed by atoms with Gasteiger partial charge in [0.25, 0.3) is 0 Å². The number of nitrogens with two attached hydrogens (primary N) is 1. The molecule has 0 atom stereocenters. The zero-order valence-electron chi connectivity index (χ0n) is 10.4. The summed E-state index contributed by atoms with van der Waals surface area (Å²) in [7, 11) is -3.28. The lowest BCUT2D eigenvalue weighted by Crippen LogP contribution is -2.33. The van der Waals surface area contributed by atoms with Crippen LogP contribution in [0.4, 0.5) is 4.79 Å². The minimum atomic E-state index is -3.28. The summed E-state index contributed by atoms with van der Waals surface area (Å²) in [4.78, 5) is 10.3. The van der Waals surface area contributed by atoms with Gasteiger partial charge in [-0.15, -0.1) is 0 Å². The van der Waals surface area contributed by atoms with Crippen LogP contribution in [0.1, 0.15) is 19.3 Å². The Morgan fingerprint density at radius 3 is 2.67 bits per heavy atom. The molecule has 0 aromatic heterocycles. The lowest BCUT2D eigenvalue weighted by atomic mass is 9.96. The molecule has 1 rings (SSSR count). The molecule has 0 aliphatic carbocycles. The van der Waals surface area contributed by atoms with Crippen molar-refractivity contribution in [1.29, 1.82) is 0 Å². The summed E-state index contributed by atoms with van der Waals surface area (Å²) >= 11 is 0. The lowest BCUT2D eigenvalue weighted by molar-refractivity contribution is 0.159. The first-order chi connectivity index (χ1) is 8.49. The van der Waals surface area contributed by atoms with E-state index in [0.717, 1.165) is 25.9 Å². The molecule has 4 N–H and O–H groups in total. The molecule has 0 aromatic carbocycles. The Kier molecular flexibility index (Phi) is 6.37. The second-order valence-corrected chi connectivity index (χ2v) is 6.29. The highest BCUT2D eigenvalue weighted by atomic mass is 32.2. The molecule has 0 radical (unpaired) electrons. The molecule has 18 heavy (non-hydrogen) atoms. The fourth-order valence-corrected chi connectivity index (χ4v) is 3.10. The number of rotatable bonds is 7. The largest absolute Gasteiger partial charge is 0.448 e. The Labute approximate surface area is 107 Å². The molecule has 106 valence electrons. The molecule has 1 fully saturated rings. The van der Waals surface area contributed by atoms with Crippen molar-refractivity contribution in [1.82, 2.24) is 10.0 Å². The van der Waals surface area contributed by atoms with E-state index in [2.05, 4.69) is 14.8 Å². The molecular formula is C10H21N3O4S. The average Bonchev–Trinajstić information content (AvgIpc) is 2.34. The highest BCUT2D eigenvalue weighted by Crippen LogP contribution is 2.16. The van der Waals surface area contributed by atoms with Gasteiger partial charge in [-0.3, -0.25) is 0 Å². The van der Waals surface area contributed by atoms with Crippen LogP contribution in [-0.4, -0.2) is 46.5 Å². The normalized spacial score (nSPS) is 17.6. The van der Waals surface area contributed by atoms with Gasteiger partial charge in [-0.05, 0) is 38.3 Å². The Bertz CT molecular complexity index is 352. The Morgan fingerprint density at radius 2 is 2.06 bits per heavy atom. The number of carbonyl (C=O) groups is 1. The van der Waals surface area contributed by atoms with Crippen LogP contribution in [0.25, 0.3) is 0 Å². The number of piperidine rings is 1. The van der Waals surface area contributed by atoms with Crippen LogP contribution in [0.15, 0.2) is 0 Å². The molecule has 0 aromatic rings. The second-order valence-electron chi connectivity index (χ2n) is 4.36. The van der Waals surface area contributed by atoms with Gasteiger partial charge < -0.3 is 15.8 Å². The molecule has 1 heterocycles. The van der Waals surface area contributed by atoms with Gasteiger partial charge in [-0.25, -0.2) is 17.9 Å². The van der Waals surface area contributed by atoms with Gasteiger partial charge in [0.05, 0.1) is 5.75 Å². The molecule has 0 saturated carbocycles. The number of carbonyl (C=O) groups excluding carboxylic acids is 1. The van der Waals surface area contributed by atoms with Crippen LogP contribution in [0.3, 0.4) is 0 Å². The number of amides is 1. The SMILES string of the molecule is NC(=O)OCCNS(=O)(=O)CCC1CCNCC1. The van der Waals surface area contributed by atoms with Crippen molar-refractivity contribution < 1.29 is 17.9 Å². The number of primary amides is 1. The van der Waals surface area contributed by atoms with E-state index < -0.39 is 16.1 Å². The molecule has 8 heteroatoms. The van der Waals surface area contributed by atoms with Gasteiger partial charge in [-0.2, -0.15) is 0 Å². The molecule has 0 spiro atoms. The topological polar surface area (TPSA) is 111 Å². The fraction of sp³-hybridized carbons (Fsp3) is 0.900. The van der Waals surface area contributed by atoms with E-state index in [1.807, 2.05) is 0 Å². The van der Waals surface area contributed by atoms with Gasteiger partial charge in [-0.1, -0.05) is 0 Å². The van der Waals surface area contributed by atoms with Gasteiger partial charge >= 0.3 is 6.09 Å². The second kappa shape index (κ2) is 7.55. The summed E-state index contributed by atoms with van der Waals surface area (Å²) in [5.74, 6) is 0.596. The summed E-state index contributed by atoms with van der Waals surface area (Å²) in [5.41, 5.74) is 4.75. The highest BCUT2D eigenvalue weighted by molar-refractivity contribution is 7.89. The van der Waals surface area contributed by atoms with Crippen molar-refractivity contribution in [2.75, 3.05) is 32.0 Å². The van der Waals surface area contributed by atoms with Gasteiger partial charge in [0.2, 0.25) is 10.0 Å². The molecule has 1 amide bonds. The van der Waals surface area contributed by atoms with E-state index >= 15 is 0 Å². The summed E-state index contributed by atoms with van der Waals surface area (Å²) in [6.07, 6.45) is 1.83. The zero-order valence-corrected chi connectivity index (χ0v) is 11.2. The molecule has 1 aliphatic rings. The molecule has 0 bridgehead atoms. The van der Waals surface area contributed by atoms with Crippen molar-refractivity contribution in [3.63, 3.8) is 0 Å². The van der Waals surface area contributed by atoms with Crippen LogP contribution < -0.4 is 15.8 Å². The molecule has 1 saturated heterocycles. The number of hydrogen-bond acceptors (Lipinski definition) is 5. The van der Waals surface area contributed by atoms with E-state index in [0.29, 0.717) is 12.3 Å². The maximum atomic E-state index is 11.6. The Hall–Kier alpha value is -0.860. The van der Waals surface area contributed by atoms with Crippen molar-refractivity contribution in [2.45, 2.75) is 19.3 Å². The summed E-state index contributed by atoms with van der Waals surface area (Å²) in [5, 5.41) is 3.24. The quantitative estimate of drug-likeness (QED) is 0.538. The Balaban J connectivity index is 2.16. The predicted molar refractivity (Wildman–Crippen MR) is 67.5 cm³/mol. The van der Waals surface area contributed by atoms with E-state index in [4.69, 9.17) is 5.73 Å². The maximum Gasteiger partial charge on any atom is 0.404 e. The first-order valence-electron chi connectivity index (χ1n) is 6.10. The number of nitrogens with one attached hydrogen (secondary N) is 2. The van der Waals surface area contributed by atoms with Crippen LogP contribution in [-0.2, 0) is 14.8 Å². The average molecular weight is 279 g/mol. The molecule has 0 unspecified atom stereocenters. The summed E-state index contributed by atoms with van der Waals surface area (Å²) < 4.78 is 30.1. The van der Waals surface area contributed by atoms with E-state index in [1.165, 1.54) is 0 Å². The molecular weight excluding hydrogens is 258 g/mol. The summed E-state index contributed by atoms with van der Waals surface area (Å²) in [6.45, 7) is 1.95. The van der Waals surface area contributed by atoms with E-state index in [1.54, 1.807) is 0 Å². The monoisotopic (exact) mass is 279 g/mol. The fourth-order valence-electron chi connectivity index (χ4n) is 1.91. The third-order valence-electron chi connectivity index (χ3n) is 2.92. The van der Waals surface area contributed by atoms with Gasteiger partial charge in [0.1, 0.15) is 6.61 Å². The maximum absolute atomic E-state index is 11.6. The van der Waals surface area contributed by atoms with Crippen LogP contribution >= 0.6 is 0 Å². The Morgan fingerprint density at radius 1 is 1.39 bits per heavy atom. The van der Waals surface area contributed by atoms with Gasteiger partial charge in [0, 0.05) is 6.54 Å². The number of ether oxygens (including phenoxy) is 1. The van der Waals surface area contributed by atoms with Gasteiger partial charge in [0.15, 0.2) is 0 Å². The standard InChI is InChI=1S/C10H21N3O4S/c11-10(14)17-7-6-13-18(15,16)8-3-9-1-4-12-5-2-9/h9,12-13H,1-8H2,(H2,11,14). The minimum Gasteiger partial charge on any atom is -0.448 e. The third-order valence-corrected chi connectivity index (χ3v) is 4.34. The minimum absolute atomic E-state index is 0.0398. The smallest absolute Gasteiger partial charge is 0.404 e. The van der Waals surface area contributed by atoms with Crippen LogP contribution in [0, 0.1) is 5.92 Å².